The van der Waals surface area contributed by atoms with E-state index < -0.39 is 35.0 Å². The van der Waals surface area contributed by atoms with E-state index in [1.54, 1.807) is 32.0 Å². The maximum absolute atomic E-state index is 15.1. The minimum Gasteiger partial charge on any atom is -0.386 e. The summed E-state index contributed by atoms with van der Waals surface area (Å²) in [4.78, 5) is 42.4. The minimum atomic E-state index is -1.25. The number of fused-ring (bicyclic) bond motifs is 2. The van der Waals surface area contributed by atoms with E-state index >= 15 is 8.78 Å². The van der Waals surface area contributed by atoms with Gasteiger partial charge in [0.25, 0.3) is 5.91 Å². The van der Waals surface area contributed by atoms with Gasteiger partial charge in [-0.15, -0.1) is 0 Å². The second-order valence-corrected chi connectivity index (χ2v) is 17.7. The van der Waals surface area contributed by atoms with Gasteiger partial charge in [0.05, 0.1) is 40.4 Å². The molecule has 4 fully saturated rings. The van der Waals surface area contributed by atoms with Gasteiger partial charge >= 0.3 is 0 Å². The number of carbonyl (C=O) groups excluding carboxylic acids is 3. The van der Waals surface area contributed by atoms with Crippen molar-refractivity contribution in [1.82, 2.24) is 34.5 Å². The third kappa shape index (κ3) is 7.79. The number of nitrogens with zero attached hydrogens (tertiary/aromatic N) is 7. The predicted octanol–water partition coefficient (Wildman–Crippen LogP) is 6.13. The maximum atomic E-state index is 15.1. The summed E-state index contributed by atoms with van der Waals surface area (Å²) in [6.45, 7) is 8.37. The SMILES string of the molecule is CC(C)(O)c1cc2nn(C3CCC(N4CCN(CC5CC(c6cc(F)c([C@H]7CCC(=O)NC7=O)c(F)c6)C5)CC4)CC3)cc2cc1NC(=O)c1ccc2cc(C#N)cnn12. The number of aromatic nitrogens is 4. The molecule has 2 saturated carbocycles. The van der Waals surface area contributed by atoms with Crippen molar-refractivity contribution in [2.75, 3.05) is 38.0 Å². The lowest BCUT2D eigenvalue weighted by atomic mass is 9.70. The fraction of sp³-hybridized carbons (Fsp3) is 0.467. The Kier molecular flexibility index (Phi) is 10.5. The molecule has 0 radical (unpaired) electrons. The average molecular weight is 818 g/mol. The van der Waals surface area contributed by atoms with E-state index in [1.807, 2.05) is 18.3 Å². The number of nitriles is 1. The van der Waals surface area contributed by atoms with Crippen LogP contribution in [0.15, 0.2) is 54.9 Å². The Morgan fingerprint density at radius 2 is 1.70 bits per heavy atom. The molecule has 4 aliphatic rings. The third-order valence-corrected chi connectivity index (χ3v) is 13.3. The molecule has 2 aliphatic heterocycles. The molecular weight excluding hydrogens is 769 g/mol. The quantitative estimate of drug-likeness (QED) is 0.149. The van der Waals surface area contributed by atoms with Crippen LogP contribution >= 0.6 is 0 Å². The Morgan fingerprint density at radius 3 is 2.38 bits per heavy atom. The zero-order valence-corrected chi connectivity index (χ0v) is 33.8. The molecular formula is C45H49F2N9O4. The number of aliphatic hydroxyl groups is 1. The van der Waals surface area contributed by atoms with Gasteiger partial charge in [0.15, 0.2) is 0 Å². The number of amides is 3. The van der Waals surface area contributed by atoms with Crippen LogP contribution in [0.25, 0.3) is 16.4 Å². The van der Waals surface area contributed by atoms with Gasteiger partial charge in [-0.2, -0.15) is 15.5 Å². The summed E-state index contributed by atoms with van der Waals surface area (Å²) < 4.78 is 33.8. The number of piperidine rings is 1. The maximum Gasteiger partial charge on any atom is 0.274 e. The van der Waals surface area contributed by atoms with Gasteiger partial charge in [0.1, 0.15) is 23.4 Å². The number of benzene rings is 2. The van der Waals surface area contributed by atoms with E-state index in [4.69, 9.17) is 5.10 Å². The van der Waals surface area contributed by atoms with Gasteiger partial charge in [0.2, 0.25) is 11.8 Å². The summed E-state index contributed by atoms with van der Waals surface area (Å²) in [6.07, 6.45) is 9.56. The Hall–Kier alpha value is -5.56. The molecule has 3 amide bonds. The summed E-state index contributed by atoms with van der Waals surface area (Å²) in [6, 6.07) is 14.4. The number of rotatable bonds is 9. The van der Waals surface area contributed by atoms with Crippen molar-refractivity contribution in [3.05, 3.63) is 94.4 Å². The van der Waals surface area contributed by atoms with Gasteiger partial charge in [-0.25, -0.2) is 13.3 Å². The topological polar surface area (TPSA) is 161 Å². The molecule has 2 aromatic carbocycles. The lowest BCUT2D eigenvalue weighted by molar-refractivity contribution is -0.134. The Bertz CT molecular complexity index is 2510. The second kappa shape index (κ2) is 15.8. The van der Waals surface area contributed by atoms with Crippen LogP contribution in [0.4, 0.5) is 14.5 Å². The molecule has 5 heterocycles. The molecule has 3 N–H and O–H groups in total. The molecule has 312 valence electrons. The Morgan fingerprint density at radius 1 is 0.983 bits per heavy atom. The molecule has 2 saturated heterocycles. The number of imide groups is 1. The largest absolute Gasteiger partial charge is 0.386 e. The van der Waals surface area contributed by atoms with Crippen molar-refractivity contribution in [2.24, 2.45) is 5.92 Å². The van der Waals surface area contributed by atoms with Crippen molar-refractivity contribution >= 4 is 39.8 Å². The zero-order valence-electron chi connectivity index (χ0n) is 33.8. The summed E-state index contributed by atoms with van der Waals surface area (Å²) in [5.41, 5.74) is 2.30. The van der Waals surface area contributed by atoms with Gasteiger partial charge in [-0.1, -0.05) is 0 Å². The molecule has 0 unspecified atom stereocenters. The first-order valence-electron chi connectivity index (χ1n) is 21.0. The monoisotopic (exact) mass is 817 g/mol. The van der Waals surface area contributed by atoms with Crippen molar-refractivity contribution in [3.8, 4) is 6.07 Å². The molecule has 15 heteroatoms. The summed E-state index contributed by atoms with van der Waals surface area (Å²) >= 11 is 0. The number of hydrogen-bond donors (Lipinski definition) is 3. The van der Waals surface area contributed by atoms with E-state index in [-0.39, 0.29) is 36.3 Å². The number of nitrogens with one attached hydrogen (secondary N) is 2. The first-order chi connectivity index (χ1) is 28.8. The van der Waals surface area contributed by atoms with Crippen molar-refractivity contribution in [3.63, 3.8) is 0 Å². The fourth-order valence-electron chi connectivity index (χ4n) is 9.97. The number of piperazine rings is 1. The summed E-state index contributed by atoms with van der Waals surface area (Å²) in [5.74, 6) is -3.25. The van der Waals surface area contributed by atoms with Crippen LogP contribution in [0.2, 0.25) is 0 Å². The standard InChI is InChI=1S/C45H49F2N9O4/c1-45(2,60)35-21-38-30(20-39(35)50-44(59)40-9-7-33-17-27(22-48)23-49-56(33)40)25-55(52-38)32-5-3-31(4-6-32)54-13-11-53(12-14-54)24-26-15-28(16-26)29-18-36(46)42(37(47)19-29)34-8-10-41(57)51-43(34)58/h7,9,17-21,23,25-26,28,31-32,34,60H,3-6,8,10-16,24H2,1-2H3,(H,50,59)(H,51,57,58)/t26?,28?,31?,32?,34-/m1/s1. The van der Waals surface area contributed by atoms with Crippen LogP contribution < -0.4 is 10.6 Å². The molecule has 5 aromatic rings. The molecule has 9 rings (SSSR count). The molecule has 2 aliphatic carbocycles. The van der Waals surface area contributed by atoms with Crippen LogP contribution in [0.3, 0.4) is 0 Å². The lowest BCUT2D eigenvalue weighted by Gasteiger charge is -2.44. The van der Waals surface area contributed by atoms with Crippen LogP contribution in [-0.4, -0.2) is 90.8 Å². The lowest BCUT2D eigenvalue weighted by Crippen LogP contribution is -2.52. The van der Waals surface area contributed by atoms with Crippen molar-refractivity contribution < 1.29 is 28.3 Å². The highest BCUT2D eigenvalue weighted by Crippen LogP contribution is 2.44. The fourth-order valence-corrected chi connectivity index (χ4v) is 9.97. The summed E-state index contributed by atoms with van der Waals surface area (Å²) in [7, 11) is 0. The Labute approximate surface area is 346 Å². The third-order valence-electron chi connectivity index (χ3n) is 13.3. The van der Waals surface area contributed by atoms with E-state index in [0.717, 1.165) is 82.2 Å². The number of anilines is 1. The van der Waals surface area contributed by atoms with Gasteiger partial charge in [0, 0.05) is 73.6 Å². The molecule has 13 nitrogen and oxygen atoms in total. The highest BCUT2D eigenvalue weighted by atomic mass is 19.1. The highest BCUT2D eigenvalue weighted by Gasteiger charge is 2.37. The molecule has 0 spiro atoms. The number of hydrogen-bond acceptors (Lipinski definition) is 9. The minimum absolute atomic E-state index is 0.0713. The van der Waals surface area contributed by atoms with Gasteiger partial charge < -0.3 is 15.3 Å². The smallest absolute Gasteiger partial charge is 0.274 e. The first kappa shape index (κ1) is 39.9. The Balaban J connectivity index is 0.766. The van der Waals surface area contributed by atoms with Crippen LogP contribution in [0.1, 0.15) is 116 Å². The van der Waals surface area contributed by atoms with E-state index in [1.165, 1.54) is 22.8 Å². The zero-order chi connectivity index (χ0) is 41.9. The number of carbonyl (C=O) groups is 3. The van der Waals surface area contributed by atoms with E-state index in [0.29, 0.717) is 45.5 Å². The van der Waals surface area contributed by atoms with Gasteiger partial charge in [-0.05, 0) is 119 Å². The summed E-state index contributed by atoms with van der Waals surface area (Å²) in [5, 5.41) is 35.6. The molecule has 60 heavy (non-hydrogen) atoms. The van der Waals surface area contributed by atoms with E-state index in [2.05, 4.69) is 36.3 Å². The van der Waals surface area contributed by atoms with Crippen molar-refractivity contribution in [2.45, 2.75) is 94.7 Å². The molecule has 3 aromatic heterocycles. The van der Waals surface area contributed by atoms with E-state index in [9.17, 15) is 24.8 Å². The van der Waals surface area contributed by atoms with Crippen LogP contribution in [0, 0.1) is 28.9 Å². The van der Waals surface area contributed by atoms with Crippen LogP contribution in [-0.2, 0) is 15.2 Å². The predicted molar refractivity (Wildman–Crippen MR) is 219 cm³/mol. The van der Waals surface area contributed by atoms with Gasteiger partial charge in [-0.3, -0.25) is 29.3 Å². The molecule has 0 bridgehead atoms. The average Bonchev–Trinajstić information content (AvgIpc) is 3.83. The first-order valence-corrected chi connectivity index (χ1v) is 21.0. The molecule has 1 atom stereocenters. The number of halogens is 2. The van der Waals surface area contributed by atoms with Crippen molar-refractivity contribution in [1.29, 1.82) is 5.26 Å². The normalized spacial score (nSPS) is 24.3. The van der Waals surface area contributed by atoms with Crippen LogP contribution in [0.5, 0.6) is 0 Å². The highest BCUT2D eigenvalue weighted by molar-refractivity contribution is 6.05. The second-order valence-electron chi connectivity index (χ2n) is 17.7.